The number of carbonyl (C=O) groups excluding carboxylic acids is 2. The van der Waals surface area contributed by atoms with E-state index in [0.29, 0.717) is 42.6 Å². The topological polar surface area (TPSA) is 127 Å². The number of carbonyl (C=O) groups is 2. The first-order valence-corrected chi connectivity index (χ1v) is 13.5. The molecule has 1 aliphatic heterocycles. The van der Waals surface area contributed by atoms with Gasteiger partial charge in [0.15, 0.2) is 11.4 Å². The normalized spacial score (nSPS) is 19.9. The van der Waals surface area contributed by atoms with Crippen molar-refractivity contribution in [2.24, 2.45) is 0 Å². The molecule has 1 amide bonds. The van der Waals surface area contributed by atoms with Crippen molar-refractivity contribution in [3.63, 3.8) is 0 Å². The van der Waals surface area contributed by atoms with E-state index in [2.05, 4.69) is 10.1 Å². The van der Waals surface area contributed by atoms with Crippen LogP contribution in [0.3, 0.4) is 0 Å². The maximum Gasteiger partial charge on any atom is 0.255 e. The fraction of sp³-hybridized carbons (Fsp3) is 0.367. The van der Waals surface area contributed by atoms with Gasteiger partial charge in [-0.05, 0) is 58.4 Å². The van der Waals surface area contributed by atoms with Gasteiger partial charge in [0, 0.05) is 35.0 Å². The summed E-state index contributed by atoms with van der Waals surface area (Å²) in [4.78, 5) is 37.1. The molecule has 2 aliphatic rings. The summed E-state index contributed by atoms with van der Waals surface area (Å²) in [6.07, 6.45) is 7.39. The lowest BCUT2D eigenvalue weighted by Gasteiger charge is -2.31. The number of rotatable bonds is 7. The number of aromatic nitrogens is 4. The summed E-state index contributed by atoms with van der Waals surface area (Å²) in [6.45, 7) is 3.51. The van der Waals surface area contributed by atoms with Gasteiger partial charge in [-0.3, -0.25) is 14.6 Å². The third kappa shape index (κ3) is 4.46. The molecule has 2 fully saturated rings. The number of nitrogen functional groups attached to an aromatic ring is 1. The molecule has 2 unspecified atom stereocenters. The molecule has 1 aromatic carbocycles. The number of hydrogen-bond acceptors (Lipinski definition) is 7. The van der Waals surface area contributed by atoms with Crippen LogP contribution in [0, 0.1) is 0 Å². The fourth-order valence-corrected chi connectivity index (χ4v) is 5.76. The molecule has 200 valence electrons. The number of aliphatic hydroxyl groups is 1. The van der Waals surface area contributed by atoms with Crippen LogP contribution >= 0.6 is 0 Å². The number of fused-ring (bicyclic) bond motifs is 1. The monoisotopic (exact) mass is 524 g/mol. The molecule has 9 heteroatoms. The summed E-state index contributed by atoms with van der Waals surface area (Å²) in [5.41, 5.74) is 10.3. The number of nitrogens with zero attached hydrogens (tertiary/aromatic N) is 5. The molecule has 1 aliphatic carbocycles. The van der Waals surface area contributed by atoms with Gasteiger partial charge in [-0.2, -0.15) is 9.61 Å². The zero-order valence-corrected chi connectivity index (χ0v) is 22.2. The SMILES string of the molecule is CC(=O)c1c(CCC2CCC(C)N2C(=O)C2(O)CC2)nc2c(-c3ccc(-c4ccccc4)nc3)cnn2c1N. The number of likely N-dealkylation sites (tertiary alicyclic amines) is 1. The highest BCUT2D eigenvalue weighted by atomic mass is 16.3. The fourth-order valence-electron chi connectivity index (χ4n) is 5.76. The Bertz CT molecular complexity index is 1560. The molecule has 0 bridgehead atoms. The van der Waals surface area contributed by atoms with E-state index in [9.17, 15) is 14.7 Å². The minimum absolute atomic E-state index is 0.0182. The molecular formula is C30H32N6O3. The second kappa shape index (κ2) is 9.57. The van der Waals surface area contributed by atoms with E-state index in [0.717, 1.165) is 35.2 Å². The van der Waals surface area contributed by atoms with E-state index < -0.39 is 5.60 Å². The summed E-state index contributed by atoms with van der Waals surface area (Å²) >= 11 is 0. The average Bonchev–Trinajstić information content (AvgIpc) is 3.38. The molecular weight excluding hydrogens is 492 g/mol. The lowest BCUT2D eigenvalue weighted by atomic mass is 10.0. The number of ketones is 1. The zero-order valence-electron chi connectivity index (χ0n) is 22.2. The number of anilines is 1. The lowest BCUT2D eigenvalue weighted by molar-refractivity contribution is -0.145. The van der Waals surface area contributed by atoms with Gasteiger partial charge in [-0.15, -0.1) is 0 Å². The number of nitrogens with two attached hydrogens (primary N) is 1. The quantitative estimate of drug-likeness (QED) is 0.349. The van der Waals surface area contributed by atoms with Gasteiger partial charge in [0.05, 0.1) is 23.1 Å². The molecule has 0 radical (unpaired) electrons. The Hall–Kier alpha value is -4.11. The molecule has 1 saturated heterocycles. The van der Waals surface area contributed by atoms with Crippen molar-refractivity contribution in [1.29, 1.82) is 0 Å². The summed E-state index contributed by atoms with van der Waals surface area (Å²) < 4.78 is 1.51. The molecule has 6 rings (SSSR count). The Morgan fingerprint density at radius 2 is 1.85 bits per heavy atom. The van der Waals surface area contributed by atoms with Gasteiger partial charge in [0.2, 0.25) is 0 Å². The van der Waals surface area contributed by atoms with Gasteiger partial charge >= 0.3 is 0 Å². The standard InChI is InChI=1S/C30H32N6O3/c1-18-8-10-22(35(18)29(38)30(39)14-15-30)11-13-25-26(19(2)37)27(31)36-28(34-25)23(17-33-36)21-9-12-24(32-16-21)20-6-4-3-5-7-20/h3-7,9,12,16-18,22,39H,8,10-11,13-15,31H2,1-2H3. The first-order chi connectivity index (χ1) is 18.8. The van der Waals surface area contributed by atoms with Crippen LogP contribution in [0.2, 0.25) is 0 Å². The molecule has 1 saturated carbocycles. The minimum Gasteiger partial charge on any atom is -0.383 e. The highest BCUT2D eigenvalue weighted by Crippen LogP contribution is 2.41. The van der Waals surface area contributed by atoms with Gasteiger partial charge in [-0.1, -0.05) is 36.4 Å². The van der Waals surface area contributed by atoms with Crippen molar-refractivity contribution < 1.29 is 14.7 Å². The van der Waals surface area contributed by atoms with E-state index in [1.807, 2.05) is 54.3 Å². The number of pyridine rings is 1. The summed E-state index contributed by atoms with van der Waals surface area (Å²) in [7, 11) is 0. The Balaban J connectivity index is 1.32. The first kappa shape index (κ1) is 25.2. The average molecular weight is 525 g/mol. The van der Waals surface area contributed by atoms with Crippen molar-refractivity contribution in [3.8, 4) is 22.4 Å². The summed E-state index contributed by atoms with van der Waals surface area (Å²) in [6, 6.07) is 14.0. The van der Waals surface area contributed by atoms with Gasteiger partial charge in [0.25, 0.3) is 5.91 Å². The predicted octanol–water partition coefficient (Wildman–Crippen LogP) is 4.08. The molecule has 2 atom stereocenters. The molecule has 4 aromatic rings. The van der Waals surface area contributed by atoms with Crippen molar-refractivity contribution >= 4 is 23.2 Å². The minimum atomic E-state index is -1.19. The molecule has 3 aromatic heterocycles. The maximum atomic E-state index is 13.0. The maximum absolute atomic E-state index is 13.0. The smallest absolute Gasteiger partial charge is 0.255 e. The van der Waals surface area contributed by atoms with E-state index in [4.69, 9.17) is 10.7 Å². The van der Waals surface area contributed by atoms with E-state index in [1.165, 1.54) is 11.4 Å². The van der Waals surface area contributed by atoms with Crippen LogP contribution in [-0.2, 0) is 11.2 Å². The highest BCUT2D eigenvalue weighted by Gasteiger charge is 2.53. The largest absolute Gasteiger partial charge is 0.383 e. The van der Waals surface area contributed by atoms with Crippen LogP contribution in [0.5, 0.6) is 0 Å². The van der Waals surface area contributed by atoms with E-state index >= 15 is 0 Å². The van der Waals surface area contributed by atoms with Gasteiger partial charge < -0.3 is 15.7 Å². The lowest BCUT2D eigenvalue weighted by Crippen LogP contribution is -2.46. The summed E-state index contributed by atoms with van der Waals surface area (Å²) in [5.74, 6) is -0.0952. The predicted molar refractivity (Wildman–Crippen MR) is 148 cm³/mol. The van der Waals surface area contributed by atoms with Gasteiger partial charge in [0.1, 0.15) is 11.4 Å². The second-order valence-corrected chi connectivity index (χ2v) is 10.8. The van der Waals surface area contributed by atoms with Crippen molar-refractivity contribution in [2.45, 2.75) is 70.1 Å². The Kier molecular flexibility index (Phi) is 6.18. The number of Topliss-reactive ketones (excluding diaryl/α,β-unsaturated/α-hetero) is 1. The van der Waals surface area contributed by atoms with Crippen LogP contribution in [0.15, 0.2) is 54.9 Å². The second-order valence-electron chi connectivity index (χ2n) is 10.8. The molecule has 0 spiro atoms. The zero-order chi connectivity index (χ0) is 27.3. The number of amides is 1. The van der Waals surface area contributed by atoms with Crippen LogP contribution in [0.1, 0.15) is 62.0 Å². The van der Waals surface area contributed by atoms with Gasteiger partial charge in [-0.25, -0.2) is 4.98 Å². The van der Waals surface area contributed by atoms with Crippen molar-refractivity contribution in [1.82, 2.24) is 24.5 Å². The number of aryl methyl sites for hydroxylation is 1. The van der Waals surface area contributed by atoms with Crippen molar-refractivity contribution in [2.75, 3.05) is 5.73 Å². The summed E-state index contributed by atoms with van der Waals surface area (Å²) in [5, 5.41) is 14.9. The first-order valence-electron chi connectivity index (χ1n) is 13.5. The van der Waals surface area contributed by atoms with Crippen molar-refractivity contribution in [3.05, 3.63) is 66.1 Å². The molecule has 4 heterocycles. The Labute approximate surface area is 226 Å². The van der Waals surface area contributed by atoms with Crippen LogP contribution in [-0.4, -0.2) is 59.0 Å². The number of hydrogen-bond donors (Lipinski definition) is 2. The van der Waals surface area contributed by atoms with Crippen LogP contribution in [0.4, 0.5) is 5.82 Å². The third-order valence-electron chi connectivity index (χ3n) is 8.11. The highest BCUT2D eigenvalue weighted by molar-refractivity contribution is 6.00. The Morgan fingerprint density at radius 1 is 1.08 bits per heavy atom. The van der Waals surface area contributed by atoms with Crippen LogP contribution in [0.25, 0.3) is 28.0 Å². The molecule has 3 N–H and O–H groups in total. The molecule has 9 nitrogen and oxygen atoms in total. The van der Waals surface area contributed by atoms with Crippen LogP contribution < -0.4 is 5.73 Å². The third-order valence-corrected chi connectivity index (χ3v) is 8.11. The number of benzene rings is 1. The van der Waals surface area contributed by atoms with E-state index in [1.54, 1.807) is 12.4 Å². The Morgan fingerprint density at radius 3 is 2.51 bits per heavy atom. The van der Waals surface area contributed by atoms with E-state index in [-0.39, 0.29) is 29.6 Å². The molecule has 39 heavy (non-hydrogen) atoms.